The molecule has 1 amide bonds. The smallest absolute Gasteiger partial charge is 0.238 e. The number of nitrogens with zero attached hydrogens (tertiary/aromatic N) is 1. The molecule has 5 nitrogen and oxygen atoms in total. The van der Waals surface area contributed by atoms with Crippen molar-refractivity contribution in [2.24, 2.45) is 0 Å². The molecule has 0 aliphatic rings. The van der Waals surface area contributed by atoms with E-state index in [1.54, 1.807) is 42.5 Å². The molecule has 0 aliphatic carbocycles. The molecule has 0 heterocycles. The lowest BCUT2D eigenvalue weighted by atomic mass is 10.1. The lowest BCUT2D eigenvalue weighted by molar-refractivity contribution is -0.117. The Morgan fingerprint density at radius 2 is 1.88 bits per heavy atom. The van der Waals surface area contributed by atoms with Crippen molar-refractivity contribution in [2.75, 3.05) is 18.9 Å². The van der Waals surface area contributed by atoms with Crippen LogP contribution >= 0.6 is 0 Å². The van der Waals surface area contributed by atoms with Crippen molar-refractivity contribution < 1.29 is 14.7 Å². The van der Waals surface area contributed by atoms with Gasteiger partial charge in [-0.2, -0.15) is 0 Å². The maximum Gasteiger partial charge on any atom is 0.238 e. The third-order valence-electron chi connectivity index (χ3n) is 3.96. The molecule has 0 fully saturated rings. The van der Waals surface area contributed by atoms with Crippen LogP contribution in [0.1, 0.15) is 35.8 Å². The van der Waals surface area contributed by atoms with Crippen molar-refractivity contribution in [3.05, 3.63) is 59.7 Å². The second-order valence-electron chi connectivity index (χ2n) is 5.87. The monoisotopic (exact) mass is 326 g/mol. The summed E-state index contributed by atoms with van der Waals surface area (Å²) in [6, 6.07) is 13.9. The summed E-state index contributed by atoms with van der Waals surface area (Å²) in [6.07, 6.45) is 0. The number of phenols is 1. The van der Waals surface area contributed by atoms with Crippen molar-refractivity contribution in [2.45, 2.75) is 19.9 Å². The first-order valence-electron chi connectivity index (χ1n) is 7.77. The average Bonchev–Trinajstić information content (AvgIpc) is 2.54. The van der Waals surface area contributed by atoms with Gasteiger partial charge >= 0.3 is 0 Å². The number of carbonyl (C=O) groups is 2. The van der Waals surface area contributed by atoms with E-state index in [1.165, 1.54) is 6.92 Å². The summed E-state index contributed by atoms with van der Waals surface area (Å²) in [6.45, 7) is 3.66. The van der Waals surface area contributed by atoms with Crippen LogP contribution in [0.15, 0.2) is 48.5 Å². The summed E-state index contributed by atoms with van der Waals surface area (Å²) < 4.78 is 0. The van der Waals surface area contributed by atoms with E-state index in [1.807, 2.05) is 24.9 Å². The lowest BCUT2D eigenvalue weighted by Gasteiger charge is -2.24. The highest BCUT2D eigenvalue weighted by molar-refractivity contribution is 5.97. The lowest BCUT2D eigenvalue weighted by Crippen LogP contribution is -2.32. The highest BCUT2D eigenvalue weighted by atomic mass is 16.3. The number of nitrogens with one attached hydrogen (secondary N) is 1. The number of ketones is 1. The van der Waals surface area contributed by atoms with E-state index in [2.05, 4.69) is 5.32 Å². The fourth-order valence-electron chi connectivity index (χ4n) is 2.42. The summed E-state index contributed by atoms with van der Waals surface area (Å²) in [4.78, 5) is 25.5. The summed E-state index contributed by atoms with van der Waals surface area (Å²) in [5.41, 5.74) is 2.10. The van der Waals surface area contributed by atoms with Crippen LogP contribution < -0.4 is 5.32 Å². The first kappa shape index (κ1) is 17.7. The molecule has 0 saturated heterocycles. The van der Waals surface area contributed by atoms with E-state index in [9.17, 15) is 14.7 Å². The Labute approximate surface area is 141 Å². The number of anilines is 1. The molecule has 0 bridgehead atoms. The highest BCUT2D eigenvalue weighted by Gasteiger charge is 2.15. The molecule has 0 spiro atoms. The molecule has 5 heteroatoms. The van der Waals surface area contributed by atoms with Gasteiger partial charge in [0.1, 0.15) is 5.75 Å². The molecule has 2 N–H and O–H groups in total. The van der Waals surface area contributed by atoms with Crippen molar-refractivity contribution >= 4 is 17.4 Å². The number of hydrogen-bond donors (Lipinski definition) is 2. The van der Waals surface area contributed by atoms with Gasteiger partial charge in [-0.1, -0.05) is 24.3 Å². The average molecular weight is 326 g/mol. The van der Waals surface area contributed by atoms with Crippen LogP contribution in [0, 0.1) is 0 Å². The maximum atomic E-state index is 12.2. The molecule has 0 radical (unpaired) electrons. The fourth-order valence-corrected chi connectivity index (χ4v) is 2.42. The zero-order valence-corrected chi connectivity index (χ0v) is 14.1. The number of carbonyl (C=O) groups excluding carboxylic acids is 2. The van der Waals surface area contributed by atoms with E-state index in [0.29, 0.717) is 11.3 Å². The SMILES string of the molecule is CC(=O)c1cccc(NC(=O)CN(C)[C@@H](C)c2cccc(O)c2)c1. The Hall–Kier alpha value is -2.66. The molecule has 24 heavy (non-hydrogen) atoms. The van der Waals surface area contributed by atoms with Crippen molar-refractivity contribution in [1.29, 1.82) is 0 Å². The number of benzene rings is 2. The molecule has 2 rings (SSSR count). The normalized spacial score (nSPS) is 12.0. The van der Waals surface area contributed by atoms with Crippen molar-refractivity contribution in [1.82, 2.24) is 4.90 Å². The molecule has 0 unspecified atom stereocenters. The van der Waals surface area contributed by atoms with Crippen molar-refractivity contribution in [3.63, 3.8) is 0 Å². The molecule has 126 valence electrons. The molecule has 2 aromatic carbocycles. The number of aromatic hydroxyl groups is 1. The maximum absolute atomic E-state index is 12.2. The second kappa shape index (κ2) is 7.75. The molecule has 1 atom stereocenters. The predicted molar refractivity (Wildman–Crippen MR) is 94.2 cm³/mol. The minimum atomic E-state index is -0.162. The highest BCUT2D eigenvalue weighted by Crippen LogP contribution is 2.22. The summed E-state index contributed by atoms with van der Waals surface area (Å²) >= 11 is 0. The molecule has 0 saturated carbocycles. The Morgan fingerprint density at radius 1 is 1.17 bits per heavy atom. The van der Waals surface area contributed by atoms with Crippen LogP contribution in [0.3, 0.4) is 0 Å². The van der Waals surface area contributed by atoms with Gasteiger partial charge in [0.15, 0.2) is 5.78 Å². The van der Waals surface area contributed by atoms with Crippen molar-refractivity contribution in [3.8, 4) is 5.75 Å². The number of hydrogen-bond acceptors (Lipinski definition) is 4. The first-order chi connectivity index (χ1) is 11.4. The number of likely N-dealkylation sites (N-methyl/N-ethyl adjacent to an activating group) is 1. The minimum Gasteiger partial charge on any atom is -0.508 e. The number of phenolic OH excluding ortho intramolecular Hbond substituents is 1. The standard InChI is InChI=1S/C19H22N2O3/c1-13(15-6-5-9-18(23)11-15)21(3)12-19(24)20-17-8-4-7-16(10-17)14(2)22/h4-11,13,23H,12H2,1-3H3,(H,20,24)/t13-/m0/s1. The zero-order chi connectivity index (χ0) is 17.7. The van der Waals surface area contributed by atoms with Gasteiger partial charge in [0.05, 0.1) is 6.54 Å². The minimum absolute atomic E-state index is 0.0218. The Bertz CT molecular complexity index is 743. The van der Waals surface area contributed by atoms with Crippen LogP contribution in [0.4, 0.5) is 5.69 Å². The van der Waals surface area contributed by atoms with E-state index in [0.717, 1.165) is 5.56 Å². The van der Waals surface area contributed by atoms with Gasteiger partial charge in [0.2, 0.25) is 5.91 Å². The number of Topliss-reactive ketones (excluding diaryl/α,β-unsaturated/α-hetero) is 1. The zero-order valence-electron chi connectivity index (χ0n) is 14.1. The fraction of sp³-hybridized carbons (Fsp3) is 0.263. The van der Waals surface area contributed by atoms with E-state index >= 15 is 0 Å². The van der Waals surface area contributed by atoms with Crippen LogP contribution in [0.25, 0.3) is 0 Å². The Kier molecular flexibility index (Phi) is 5.71. The van der Waals surface area contributed by atoms with Crippen LogP contribution in [0.2, 0.25) is 0 Å². The Morgan fingerprint density at radius 3 is 2.54 bits per heavy atom. The summed E-state index contributed by atoms with van der Waals surface area (Å²) in [5.74, 6) is 0.00387. The molecule has 0 aliphatic heterocycles. The van der Waals surface area contributed by atoms with Gasteiger partial charge in [0.25, 0.3) is 0 Å². The first-order valence-corrected chi connectivity index (χ1v) is 7.77. The van der Waals surface area contributed by atoms with Gasteiger partial charge in [-0.25, -0.2) is 0 Å². The topological polar surface area (TPSA) is 69.6 Å². The van der Waals surface area contributed by atoms with E-state index in [-0.39, 0.29) is 30.0 Å². The van der Waals surface area contributed by atoms with Gasteiger partial charge in [-0.05, 0) is 50.7 Å². The third kappa shape index (κ3) is 4.67. The van der Waals surface area contributed by atoms with Crippen LogP contribution in [-0.2, 0) is 4.79 Å². The number of amides is 1. The quantitative estimate of drug-likeness (QED) is 0.800. The predicted octanol–water partition coefficient (Wildman–Crippen LogP) is 3.23. The number of rotatable bonds is 6. The summed E-state index contributed by atoms with van der Waals surface area (Å²) in [5, 5.41) is 12.4. The van der Waals surface area contributed by atoms with Gasteiger partial charge < -0.3 is 10.4 Å². The van der Waals surface area contributed by atoms with Gasteiger partial charge in [-0.3, -0.25) is 14.5 Å². The molecular weight excluding hydrogens is 304 g/mol. The second-order valence-corrected chi connectivity index (χ2v) is 5.87. The van der Waals surface area contributed by atoms with Crippen LogP contribution in [0.5, 0.6) is 5.75 Å². The van der Waals surface area contributed by atoms with Gasteiger partial charge in [0, 0.05) is 17.3 Å². The van der Waals surface area contributed by atoms with Crippen LogP contribution in [-0.4, -0.2) is 35.3 Å². The third-order valence-corrected chi connectivity index (χ3v) is 3.96. The van der Waals surface area contributed by atoms with Gasteiger partial charge in [-0.15, -0.1) is 0 Å². The molecule has 0 aromatic heterocycles. The molecule has 2 aromatic rings. The molecular formula is C19H22N2O3. The van der Waals surface area contributed by atoms with E-state index in [4.69, 9.17) is 0 Å². The summed E-state index contributed by atoms with van der Waals surface area (Å²) in [7, 11) is 1.85. The van der Waals surface area contributed by atoms with E-state index < -0.39 is 0 Å². The Balaban J connectivity index is 1.98. The largest absolute Gasteiger partial charge is 0.508 e.